The van der Waals surface area contributed by atoms with Crippen molar-refractivity contribution in [2.75, 3.05) is 32.7 Å². The minimum Gasteiger partial charge on any atom is -0.329 e. The van der Waals surface area contributed by atoms with Crippen molar-refractivity contribution >= 4 is 0 Å². The van der Waals surface area contributed by atoms with Gasteiger partial charge >= 0.3 is 0 Å². The second kappa shape index (κ2) is 5.57. The third-order valence-corrected chi connectivity index (χ3v) is 4.52. The van der Waals surface area contributed by atoms with Crippen LogP contribution in [0.25, 0.3) is 0 Å². The summed E-state index contributed by atoms with van der Waals surface area (Å²) in [6.07, 6.45) is 2.60. The number of hydrogen-bond acceptors (Lipinski definition) is 3. The predicted molar refractivity (Wildman–Crippen MR) is 74.4 cm³/mol. The summed E-state index contributed by atoms with van der Waals surface area (Å²) in [6, 6.07) is 7.71. The fourth-order valence-corrected chi connectivity index (χ4v) is 3.51. The Balaban J connectivity index is 1.75. The van der Waals surface area contributed by atoms with E-state index in [1.807, 2.05) is 6.07 Å². The molecule has 0 bridgehead atoms. The molecular formula is C15H22FN3. The van der Waals surface area contributed by atoms with E-state index >= 15 is 0 Å². The van der Waals surface area contributed by atoms with Gasteiger partial charge in [0.15, 0.2) is 0 Å². The van der Waals surface area contributed by atoms with E-state index < -0.39 is 0 Å². The Bertz CT molecular complexity index is 437. The Kier molecular flexibility index (Phi) is 3.82. The molecule has 19 heavy (non-hydrogen) atoms. The van der Waals surface area contributed by atoms with Crippen LogP contribution in [-0.2, 0) is 0 Å². The molecular weight excluding hydrogens is 241 g/mol. The Hall–Kier alpha value is -0.970. The van der Waals surface area contributed by atoms with Gasteiger partial charge in [0.2, 0.25) is 0 Å². The van der Waals surface area contributed by atoms with Crippen molar-refractivity contribution < 1.29 is 4.39 Å². The van der Waals surface area contributed by atoms with Crippen molar-refractivity contribution in [3.63, 3.8) is 0 Å². The number of piperazine rings is 1. The van der Waals surface area contributed by atoms with Gasteiger partial charge in [-0.25, -0.2) is 4.39 Å². The second-order valence-corrected chi connectivity index (χ2v) is 5.63. The average molecular weight is 263 g/mol. The number of fused-ring (bicyclic) bond motifs is 1. The number of nitrogens with two attached hydrogens (primary N) is 1. The van der Waals surface area contributed by atoms with Crippen LogP contribution in [-0.4, -0.2) is 48.6 Å². The lowest BCUT2D eigenvalue weighted by atomic mass is 10.0. The quantitative estimate of drug-likeness (QED) is 0.899. The molecule has 3 rings (SSSR count). The van der Waals surface area contributed by atoms with Crippen LogP contribution in [0.15, 0.2) is 24.3 Å². The van der Waals surface area contributed by atoms with Gasteiger partial charge < -0.3 is 5.73 Å². The molecule has 0 aromatic heterocycles. The van der Waals surface area contributed by atoms with E-state index in [2.05, 4.69) is 9.80 Å². The minimum atomic E-state index is -0.171. The highest BCUT2D eigenvalue weighted by molar-refractivity contribution is 5.21. The van der Waals surface area contributed by atoms with Crippen molar-refractivity contribution in [3.8, 4) is 0 Å². The fraction of sp³-hybridized carbons (Fsp3) is 0.600. The molecule has 2 aliphatic heterocycles. The molecule has 2 aliphatic rings. The maximum Gasteiger partial charge on any atom is 0.123 e. The first-order valence-electron chi connectivity index (χ1n) is 7.21. The number of rotatable bonds is 3. The first-order valence-corrected chi connectivity index (χ1v) is 7.21. The van der Waals surface area contributed by atoms with Crippen LogP contribution >= 0.6 is 0 Å². The van der Waals surface area contributed by atoms with Crippen molar-refractivity contribution in [2.24, 2.45) is 5.73 Å². The number of benzene rings is 1. The Morgan fingerprint density at radius 2 is 2.21 bits per heavy atom. The molecule has 2 heterocycles. The van der Waals surface area contributed by atoms with E-state index in [4.69, 9.17) is 5.73 Å². The van der Waals surface area contributed by atoms with Gasteiger partial charge in [-0.2, -0.15) is 0 Å². The Morgan fingerprint density at radius 1 is 1.32 bits per heavy atom. The summed E-state index contributed by atoms with van der Waals surface area (Å²) in [6.45, 7) is 5.02. The monoisotopic (exact) mass is 263 g/mol. The molecule has 0 aliphatic carbocycles. The molecule has 4 heteroatoms. The van der Waals surface area contributed by atoms with Gasteiger partial charge in [-0.1, -0.05) is 12.1 Å². The van der Waals surface area contributed by atoms with Crippen LogP contribution in [0.5, 0.6) is 0 Å². The maximum atomic E-state index is 13.4. The zero-order chi connectivity index (χ0) is 13.2. The van der Waals surface area contributed by atoms with Gasteiger partial charge in [-0.3, -0.25) is 9.80 Å². The molecule has 0 radical (unpaired) electrons. The van der Waals surface area contributed by atoms with Crippen molar-refractivity contribution in [3.05, 3.63) is 35.6 Å². The van der Waals surface area contributed by atoms with Gasteiger partial charge in [0.05, 0.1) is 0 Å². The Labute approximate surface area is 114 Å². The van der Waals surface area contributed by atoms with E-state index in [-0.39, 0.29) is 11.9 Å². The predicted octanol–water partition coefficient (Wildman–Crippen LogP) is 1.61. The number of nitrogens with zero attached hydrogens (tertiary/aromatic N) is 2. The standard InChI is InChI=1S/C15H22FN3/c16-13-4-1-3-12(9-13)15(10-17)19-8-7-18-6-2-5-14(18)11-19/h1,3-4,9,14-15H,2,5-8,10-11,17H2. The van der Waals surface area contributed by atoms with Crippen LogP contribution in [0, 0.1) is 5.82 Å². The van der Waals surface area contributed by atoms with Crippen LogP contribution < -0.4 is 5.73 Å². The highest BCUT2D eigenvalue weighted by Gasteiger charge is 2.33. The second-order valence-electron chi connectivity index (χ2n) is 5.63. The molecule has 0 saturated carbocycles. The zero-order valence-electron chi connectivity index (χ0n) is 11.3. The first-order chi connectivity index (χ1) is 9.28. The van der Waals surface area contributed by atoms with Crippen molar-refractivity contribution in [1.29, 1.82) is 0 Å². The molecule has 0 amide bonds. The van der Waals surface area contributed by atoms with E-state index in [9.17, 15) is 4.39 Å². The third kappa shape index (κ3) is 2.66. The van der Waals surface area contributed by atoms with Crippen LogP contribution in [0.1, 0.15) is 24.4 Å². The van der Waals surface area contributed by atoms with E-state index in [1.54, 1.807) is 12.1 Å². The summed E-state index contributed by atoms with van der Waals surface area (Å²) in [5, 5.41) is 0. The van der Waals surface area contributed by atoms with Gasteiger partial charge in [0.1, 0.15) is 5.82 Å². The normalized spacial score (nSPS) is 26.3. The molecule has 3 nitrogen and oxygen atoms in total. The maximum absolute atomic E-state index is 13.4. The van der Waals surface area contributed by atoms with Gasteiger partial charge in [0.25, 0.3) is 0 Å². The molecule has 2 atom stereocenters. The summed E-state index contributed by atoms with van der Waals surface area (Å²) in [7, 11) is 0. The summed E-state index contributed by atoms with van der Waals surface area (Å²) in [4.78, 5) is 5.01. The lowest BCUT2D eigenvalue weighted by molar-refractivity contribution is 0.0736. The van der Waals surface area contributed by atoms with Crippen LogP contribution in [0.3, 0.4) is 0 Å². The zero-order valence-corrected chi connectivity index (χ0v) is 11.3. The van der Waals surface area contributed by atoms with Gasteiger partial charge in [0, 0.05) is 38.3 Å². The minimum absolute atomic E-state index is 0.151. The summed E-state index contributed by atoms with van der Waals surface area (Å²) < 4.78 is 13.4. The van der Waals surface area contributed by atoms with E-state index in [0.717, 1.165) is 25.2 Å². The number of halogens is 1. The summed E-state index contributed by atoms with van der Waals surface area (Å²) in [5.41, 5.74) is 6.95. The molecule has 2 N–H and O–H groups in total. The SMILES string of the molecule is NCC(c1cccc(F)c1)N1CCN2CCCC2C1. The molecule has 104 valence electrons. The topological polar surface area (TPSA) is 32.5 Å². The van der Waals surface area contributed by atoms with Gasteiger partial charge in [-0.15, -0.1) is 0 Å². The lowest BCUT2D eigenvalue weighted by Crippen LogP contribution is -2.52. The van der Waals surface area contributed by atoms with Crippen molar-refractivity contribution in [2.45, 2.75) is 24.9 Å². The third-order valence-electron chi connectivity index (χ3n) is 4.52. The highest BCUT2D eigenvalue weighted by atomic mass is 19.1. The van der Waals surface area contributed by atoms with Gasteiger partial charge in [-0.05, 0) is 37.1 Å². The molecule has 1 aromatic carbocycles. The van der Waals surface area contributed by atoms with E-state index in [1.165, 1.54) is 25.5 Å². The summed E-state index contributed by atoms with van der Waals surface area (Å²) in [5.74, 6) is -0.171. The smallest absolute Gasteiger partial charge is 0.123 e. The van der Waals surface area contributed by atoms with Crippen LogP contribution in [0.4, 0.5) is 4.39 Å². The summed E-state index contributed by atoms with van der Waals surface area (Å²) >= 11 is 0. The Morgan fingerprint density at radius 3 is 3.00 bits per heavy atom. The fourth-order valence-electron chi connectivity index (χ4n) is 3.51. The molecule has 0 spiro atoms. The lowest BCUT2D eigenvalue weighted by Gasteiger charge is -2.41. The number of hydrogen-bond donors (Lipinski definition) is 1. The highest BCUT2D eigenvalue weighted by Crippen LogP contribution is 2.27. The molecule has 1 aromatic rings. The molecule has 2 saturated heterocycles. The van der Waals surface area contributed by atoms with E-state index in [0.29, 0.717) is 12.6 Å². The molecule has 2 unspecified atom stereocenters. The van der Waals surface area contributed by atoms with Crippen molar-refractivity contribution in [1.82, 2.24) is 9.80 Å². The largest absolute Gasteiger partial charge is 0.329 e. The van der Waals surface area contributed by atoms with Crippen LogP contribution in [0.2, 0.25) is 0 Å². The first kappa shape index (κ1) is 13.0. The molecule has 2 fully saturated rings. The average Bonchev–Trinajstić information content (AvgIpc) is 2.87.